The number of nitrogens with one attached hydrogen (secondary N) is 1. The van der Waals surface area contributed by atoms with Gasteiger partial charge in [0, 0.05) is 18.1 Å². The van der Waals surface area contributed by atoms with Crippen molar-refractivity contribution < 1.29 is 0 Å². The fraction of sp³-hybridized carbons (Fsp3) is 1.00. The van der Waals surface area contributed by atoms with E-state index in [1.807, 2.05) is 23.9 Å². The first-order valence-corrected chi connectivity index (χ1v) is 5.66. The lowest BCUT2D eigenvalue weighted by atomic mass is 10.3. The molecule has 10 heavy (non-hydrogen) atoms. The highest BCUT2D eigenvalue weighted by atomic mass is 32.2. The summed E-state index contributed by atoms with van der Waals surface area (Å²) in [5.74, 6) is 2.60. The number of hydrogen-bond acceptors (Lipinski definition) is 4. The molecule has 0 aromatic carbocycles. The van der Waals surface area contributed by atoms with Gasteiger partial charge in [0.25, 0.3) is 0 Å². The maximum atomic E-state index is 3.42. The zero-order chi connectivity index (χ0) is 6.81. The molecule has 2 nitrogen and oxygen atoms in total. The van der Waals surface area contributed by atoms with Crippen LogP contribution in [0, 0.1) is 0 Å². The smallest absolute Gasteiger partial charge is 0.0796 e. The highest BCUT2D eigenvalue weighted by Crippen LogP contribution is 2.27. The molecule has 2 saturated heterocycles. The van der Waals surface area contributed by atoms with Crippen molar-refractivity contribution in [1.29, 1.82) is 0 Å². The summed E-state index contributed by atoms with van der Waals surface area (Å²) < 4.78 is 5.91. The molecule has 0 radical (unpaired) electrons. The normalized spacial score (nSPS) is 35.4. The Bertz CT molecular complexity index is 94.3. The van der Waals surface area contributed by atoms with E-state index >= 15 is 0 Å². The Balaban J connectivity index is 1.85. The van der Waals surface area contributed by atoms with Gasteiger partial charge in [-0.2, -0.15) is 0 Å². The van der Waals surface area contributed by atoms with Gasteiger partial charge in [-0.05, 0) is 12.8 Å². The predicted molar refractivity (Wildman–Crippen MR) is 47.8 cm³/mol. The zero-order valence-corrected chi connectivity index (χ0v) is 7.51. The molecule has 0 aromatic rings. The van der Waals surface area contributed by atoms with E-state index in [1.165, 1.54) is 30.9 Å². The molecule has 0 spiro atoms. The van der Waals surface area contributed by atoms with Crippen LogP contribution in [-0.2, 0) is 0 Å². The molecule has 1 unspecified atom stereocenters. The van der Waals surface area contributed by atoms with Crippen LogP contribution in [0.25, 0.3) is 0 Å². The van der Waals surface area contributed by atoms with E-state index in [1.54, 1.807) is 0 Å². The molecular formula is C6H12N2S2. The van der Waals surface area contributed by atoms with Crippen molar-refractivity contribution in [3.63, 3.8) is 0 Å². The molecular weight excluding hydrogens is 164 g/mol. The quantitative estimate of drug-likeness (QED) is 0.606. The molecule has 0 aliphatic carbocycles. The van der Waals surface area contributed by atoms with Gasteiger partial charge in [-0.1, -0.05) is 23.9 Å². The summed E-state index contributed by atoms with van der Waals surface area (Å²) >= 11 is 3.86. The second kappa shape index (κ2) is 3.34. The van der Waals surface area contributed by atoms with Crippen molar-refractivity contribution in [2.45, 2.75) is 19.0 Å². The van der Waals surface area contributed by atoms with Crippen LogP contribution in [0.2, 0.25) is 0 Å². The standard InChI is InChI=1S/C6H12N2S2/c1-3-8(10-4-1)6-2-5-9-7-6/h6-7H,1-5H2. The van der Waals surface area contributed by atoms with Gasteiger partial charge < -0.3 is 0 Å². The zero-order valence-electron chi connectivity index (χ0n) is 5.88. The average molecular weight is 176 g/mol. The van der Waals surface area contributed by atoms with Crippen LogP contribution in [0.4, 0.5) is 0 Å². The summed E-state index contributed by atoms with van der Waals surface area (Å²) in [5.41, 5.74) is 0. The third-order valence-electron chi connectivity index (χ3n) is 1.84. The van der Waals surface area contributed by atoms with E-state index in [-0.39, 0.29) is 0 Å². The minimum Gasteiger partial charge on any atom is -0.247 e. The van der Waals surface area contributed by atoms with Crippen molar-refractivity contribution >= 4 is 23.9 Å². The van der Waals surface area contributed by atoms with Gasteiger partial charge in [-0.25, -0.2) is 9.03 Å². The van der Waals surface area contributed by atoms with Gasteiger partial charge in [0.15, 0.2) is 0 Å². The molecule has 1 N–H and O–H groups in total. The number of nitrogens with zero attached hydrogens (tertiary/aromatic N) is 1. The Hall–Kier alpha value is 0.620. The maximum absolute atomic E-state index is 3.42. The van der Waals surface area contributed by atoms with Crippen LogP contribution in [0.5, 0.6) is 0 Å². The molecule has 2 heterocycles. The van der Waals surface area contributed by atoms with Crippen molar-refractivity contribution in [3.05, 3.63) is 0 Å². The largest absolute Gasteiger partial charge is 0.247 e. The molecule has 4 heteroatoms. The van der Waals surface area contributed by atoms with E-state index in [0.29, 0.717) is 6.17 Å². The minimum absolute atomic E-state index is 0.664. The molecule has 58 valence electrons. The second-order valence-corrected chi connectivity index (χ2v) is 4.67. The molecule has 0 saturated carbocycles. The molecule has 2 aliphatic rings. The highest BCUT2D eigenvalue weighted by Gasteiger charge is 2.25. The van der Waals surface area contributed by atoms with Gasteiger partial charge in [0.05, 0.1) is 6.17 Å². The SMILES string of the molecule is C1CSN(C2CCSN2)C1. The first kappa shape index (κ1) is 7.28. The fourth-order valence-electron chi connectivity index (χ4n) is 1.30. The molecule has 2 rings (SSSR count). The lowest BCUT2D eigenvalue weighted by molar-refractivity contribution is 0.360. The minimum atomic E-state index is 0.664. The van der Waals surface area contributed by atoms with Crippen LogP contribution >= 0.6 is 23.9 Å². The van der Waals surface area contributed by atoms with Gasteiger partial charge >= 0.3 is 0 Å². The van der Waals surface area contributed by atoms with Crippen LogP contribution in [0.1, 0.15) is 12.8 Å². The summed E-state index contributed by atoms with van der Waals surface area (Å²) in [6.07, 6.45) is 3.35. The van der Waals surface area contributed by atoms with Gasteiger partial charge in [0.1, 0.15) is 0 Å². The Morgan fingerprint density at radius 3 is 3.00 bits per heavy atom. The second-order valence-electron chi connectivity index (χ2n) is 2.60. The molecule has 1 atom stereocenters. The summed E-state index contributed by atoms with van der Waals surface area (Å²) in [6.45, 7) is 1.28. The van der Waals surface area contributed by atoms with Crippen LogP contribution in [0.3, 0.4) is 0 Å². The van der Waals surface area contributed by atoms with E-state index in [4.69, 9.17) is 0 Å². The summed E-state index contributed by atoms with van der Waals surface area (Å²) in [4.78, 5) is 0. The van der Waals surface area contributed by atoms with Crippen molar-refractivity contribution in [2.24, 2.45) is 0 Å². The Morgan fingerprint density at radius 2 is 2.40 bits per heavy atom. The van der Waals surface area contributed by atoms with Gasteiger partial charge in [-0.3, -0.25) is 0 Å². The number of hydrogen-bond donors (Lipinski definition) is 1. The maximum Gasteiger partial charge on any atom is 0.0796 e. The summed E-state index contributed by atoms with van der Waals surface area (Å²) in [7, 11) is 0. The lowest BCUT2D eigenvalue weighted by Gasteiger charge is -2.20. The van der Waals surface area contributed by atoms with E-state index in [2.05, 4.69) is 9.03 Å². The van der Waals surface area contributed by atoms with E-state index < -0.39 is 0 Å². The predicted octanol–water partition coefficient (Wildman–Crippen LogP) is 1.31. The van der Waals surface area contributed by atoms with Crippen LogP contribution in [0.15, 0.2) is 0 Å². The Morgan fingerprint density at radius 1 is 1.40 bits per heavy atom. The van der Waals surface area contributed by atoms with Crippen LogP contribution < -0.4 is 4.72 Å². The average Bonchev–Trinajstić information content (AvgIpc) is 2.59. The third-order valence-corrected chi connectivity index (χ3v) is 3.96. The molecule has 0 bridgehead atoms. The lowest BCUT2D eigenvalue weighted by Crippen LogP contribution is -2.33. The first-order chi connectivity index (χ1) is 4.97. The molecule has 2 aliphatic heterocycles. The molecule has 2 fully saturated rings. The molecule has 0 aromatic heterocycles. The highest BCUT2D eigenvalue weighted by molar-refractivity contribution is 7.98. The van der Waals surface area contributed by atoms with Gasteiger partial charge in [0.2, 0.25) is 0 Å². The summed E-state index contributed by atoms with van der Waals surface area (Å²) in [5, 5.41) is 0. The number of rotatable bonds is 1. The van der Waals surface area contributed by atoms with E-state index in [0.717, 1.165) is 0 Å². The van der Waals surface area contributed by atoms with Gasteiger partial charge in [-0.15, -0.1) is 0 Å². The topological polar surface area (TPSA) is 15.3 Å². The summed E-state index contributed by atoms with van der Waals surface area (Å²) in [6, 6.07) is 0. The Labute approximate surface area is 70.4 Å². The van der Waals surface area contributed by atoms with E-state index in [9.17, 15) is 0 Å². The fourth-order valence-corrected chi connectivity index (χ4v) is 3.35. The van der Waals surface area contributed by atoms with Crippen molar-refractivity contribution in [3.8, 4) is 0 Å². The van der Waals surface area contributed by atoms with Crippen molar-refractivity contribution in [1.82, 2.24) is 9.03 Å². The van der Waals surface area contributed by atoms with Crippen molar-refractivity contribution in [2.75, 3.05) is 18.1 Å². The first-order valence-electron chi connectivity index (χ1n) is 3.74. The third kappa shape index (κ3) is 1.44. The monoisotopic (exact) mass is 176 g/mol. The molecule has 0 amide bonds. The Kier molecular flexibility index (Phi) is 2.43. The van der Waals surface area contributed by atoms with Crippen LogP contribution in [-0.4, -0.2) is 28.5 Å².